The van der Waals surface area contributed by atoms with Crippen LogP contribution in [0.2, 0.25) is 0 Å². The van der Waals surface area contributed by atoms with E-state index in [0.717, 1.165) is 25.2 Å². The highest BCUT2D eigenvalue weighted by molar-refractivity contribution is 7.89. The molecular weight excluding hydrogens is 212 g/mol. The minimum atomic E-state index is -3.02. The molecule has 15 heavy (non-hydrogen) atoms. The molecule has 1 heterocycles. The Labute approximate surface area is 92.6 Å². The number of hydrogen-bond donors (Lipinski definition) is 0. The third-order valence-corrected chi connectivity index (χ3v) is 4.63. The monoisotopic (exact) mass is 232 g/mol. The van der Waals surface area contributed by atoms with Crippen molar-refractivity contribution in [2.24, 2.45) is 0 Å². The maximum Gasteiger partial charge on any atom is 0.213 e. The molecule has 0 amide bonds. The minimum Gasteiger partial charge on any atom is -0.374 e. The van der Waals surface area contributed by atoms with E-state index in [1.165, 1.54) is 0 Å². The van der Waals surface area contributed by atoms with Crippen LogP contribution in [0.25, 0.3) is 0 Å². The highest BCUT2D eigenvalue weighted by atomic mass is 32.2. The molecule has 1 fully saturated rings. The van der Waals surface area contributed by atoms with E-state index < -0.39 is 10.0 Å². The smallest absolute Gasteiger partial charge is 0.213 e. The van der Waals surface area contributed by atoms with Gasteiger partial charge < -0.3 is 4.90 Å². The summed E-state index contributed by atoms with van der Waals surface area (Å²) in [5.41, 5.74) is 1.02. The van der Waals surface area contributed by atoms with Crippen LogP contribution in [0.4, 0.5) is 0 Å². The van der Waals surface area contributed by atoms with Crippen molar-refractivity contribution < 1.29 is 8.42 Å². The van der Waals surface area contributed by atoms with Gasteiger partial charge in [0.05, 0.1) is 5.75 Å². The molecule has 0 aliphatic carbocycles. The van der Waals surface area contributed by atoms with Crippen LogP contribution in [-0.2, 0) is 10.0 Å². The topological polar surface area (TPSA) is 40.6 Å². The fourth-order valence-electron chi connectivity index (χ4n) is 1.74. The van der Waals surface area contributed by atoms with Crippen molar-refractivity contribution in [1.29, 1.82) is 0 Å². The molecule has 1 aliphatic rings. The SMILES string of the molecule is C=C(C)N1CCCN(S(=O)(=O)CC)CC1. The maximum atomic E-state index is 11.7. The molecule has 0 aromatic rings. The lowest BCUT2D eigenvalue weighted by Crippen LogP contribution is -2.35. The zero-order valence-corrected chi connectivity index (χ0v) is 10.4. The van der Waals surface area contributed by atoms with Gasteiger partial charge in [-0.3, -0.25) is 0 Å². The van der Waals surface area contributed by atoms with E-state index >= 15 is 0 Å². The second-order valence-corrected chi connectivity index (χ2v) is 6.13. The van der Waals surface area contributed by atoms with Gasteiger partial charge in [-0.2, -0.15) is 0 Å². The van der Waals surface area contributed by atoms with Crippen LogP contribution in [0.1, 0.15) is 20.3 Å². The summed E-state index contributed by atoms with van der Waals surface area (Å²) in [7, 11) is -3.02. The van der Waals surface area contributed by atoms with Gasteiger partial charge in [0.25, 0.3) is 0 Å². The standard InChI is InChI=1S/C10H20N2O2S/c1-4-15(13,14)12-7-5-6-11(8-9-12)10(2)3/h2,4-9H2,1,3H3. The largest absolute Gasteiger partial charge is 0.374 e. The van der Waals surface area contributed by atoms with E-state index in [4.69, 9.17) is 0 Å². The molecule has 0 bridgehead atoms. The second-order valence-electron chi connectivity index (χ2n) is 3.88. The highest BCUT2D eigenvalue weighted by Crippen LogP contribution is 2.11. The van der Waals surface area contributed by atoms with Crippen molar-refractivity contribution in [3.05, 3.63) is 12.3 Å². The average molecular weight is 232 g/mol. The van der Waals surface area contributed by atoms with Crippen molar-refractivity contribution in [3.8, 4) is 0 Å². The lowest BCUT2D eigenvalue weighted by Gasteiger charge is -2.22. The van der Waals surface area contributed by atoms with Gasteiger partial charge in [0.2, 0.25) is 10.0 Å². The Morgan fingerprint density at radius 1 is 1.27 bits per heavy atom. The second kappa shape index (κ2) is 4.99. The molecule has 0 atom stereocenters. The molecule has 1 rings (SSSR count). The number of hydrogen-bond acceptors (Lipinski definition) is 3. The fraction of sp³-hybridized carbons (Fsp3) is 0.800. The molecular formula is C10H20N2O2S. The predicted octanol–water partition coefficient (Wildman–Crippen LogP) is 0.877. The van der Waals surface area contributed by atoms with E-state index in [9.17, 15) is 8.42 Å². The van der Waals surface area contributed by atoms with Crippen molar-refractivity contribution in [1.82, 2.24) is 9.21 Å². The molecule has 0 aromatic heterocycles. The first-order chi connectivity index (χ1) is 6.97. The Bertz CT molecular complexity index is 324. The van der Waals surface area contributed by atoms with Crippen LogP contribution in [0.5, 0.6) is 0 Å². The quantitative estimate of drug-likeness (QED) is 0.725. The lowest BCUT2D eigenvalue weighted by atomic mass is 10.3. The van der Waals surface area contributed by atoms with Gasteiger partial charge in [-0.05, 0) is 20.3 Å². The molecule has 0 aromatic carbocycles. The van der Waals surface area contributed by atoms with Crippen molar-refractivity contribution in [3.63, 3.8) is 0 Å². The number of allylic oxidation sites excluding steroid dienone is 1. The van der Waals surface area contributed by atoms with E-state index in [2.05, 4.69) is 11.5 Å². The minimum absolute atomic E-state index is 0.195. The molecule has 4 nitrogen and oxygen atoms in total. The summed E-state index contributed by atoms with van der Waals surface area (Å²) in [6, 6.07) is 0. The Hall–Kier alpha value is -0.550. The van der Waals surface area contributed by atoms with E-state index in [-0.39, 0.29) is 5.75 Å². The third kappa shape index (κ3) is 3.21. The van der Waals surface area contributed by atoms with Crippen LogP contribution in [0.3, 0.4) is 0 Å². The van der Waals surface area contributed by atoms with Gasteiger partial charge in [0.15, 0.2) is 0 Å². The lowest BCUT2D eigenvalue weighted by molar-refractivity contribution is 0.357. The van der Waals surface area contributed by atoms with Crippen molar-refractivity contribution >= 4 is 10.0 Å². The van der Waals surface area contributed by atoms with E-state index in [1.807, 2.05) is 6.92 Å². The summed E-state index contributed by atoms with van der Waals surface area (Å²) in [6.45, 7) is 10.4. The Morgan fingerprint density at radius 2 is 1.93 bits per heavy atom. The molecule has 0 unspecified atom stereocenters. The molecule has 0 N–H and O–H groups in total. The molecule has 1 saturated heterocycles. The van der Waals surface area contributed by atoms with Crippen LogP contribution in [-0.4, -0.2) is 49.6 Å². The van der Waals surface area contributed by atoms with Gasteiger partial charge in [-0.15, -0.1) is 0 Å². The zero-order chi connectivity index (χ0) is 11.5. The molecule has 0 radical (unpaired) electrons. The fourth-order valence-corrected chi connectivity index (χ4v) is 2.87. The number of nitrogens with zero attached hydrogens (tertiary/aromatic N) is 2. The Balaban J connectivity index is 2.65. The number of rotatable bonds is 3. The Morgan fingerprint density at radius 3 is 2.47 bits per heavy atom. The van der Waals surface area contributed by atoms with Crippen LogP contribution < -0.4 is 0 Å². The first-order valence-electron chi connectivity index (χ1n) is 5.35. The molecule has 1 aliphatic heterocycles. The van der Waals surface area contributed by atoms with Crippen molar-refractivity contribution in [2.45, 2.75) is 20.3 Å². The predicted molar refractivity (Wildman–Crippen MR) is 62.0 cm³/mol. The van der Waals surface area contributed by atoms with E-state index in [1.54, 1.807) is 11.2 Å². The first kappa shape index (κ1) is 12.5. The van der Waals surface area contributed by atoms with Crippen LogP contribution in [0.15, 0.2) is 12.3 Å². The summed E-state index contributed by atoms with van der Waals surface area (Å²) >= 11 is 0. The number of sulfonamides is 1. The first-order valence-corrected chi connectivity index (χ1v) is 6.96. The summed E-state index contributed by atoms with van der Waals surface area (Å²) in [4.78, 5) is 2.14. The highest BCUT2D eigenvalue weighted by Gasteiger charge is 2.22. The Kier molecular flexibility index (Phi) is 4.16. The van der Waals surface area contributed by atoms with Gasteiger partial charge in [-0.1, -0.05) is 6.58 Å². The third-order valence-electron chi connectivity index (χ3n) is 2.75. The van der Waals surface area contributed by atoms with Crippen LogP contribution >= 0.6 is 0 Å². The average Bonchev–Trinajstić information content (AvgIpc) is 2.43. The summed E-state index contributed by atoms with van der Waals surface area (Å²) in [5, 5.41) is 0. The van der Waals surface area contributed by atoms with Gasteiger partial charge in [0, 0.05) is 31.9 Å². The molecule has 5 heteroatoms. The normalized spacial score (nSPS) is 20.0. The van der Waals surface area contributed by atoms with E-state index in [0.29, 0.717) is 13.1 Å². The van der Waals surface area contributed by atoms with Gasteiger partial charge in [-0.25, -0.2) is 12.7 Å². The van der Waals surface area contributed by atoms with Crippen molar-refractivity contribution in [2.75, 3.05) is 31.9 Å². The summed E-state index contributed by atoms with van der Waals surface area (Å²) < 4.78 is 24.9. The zero-order valence-electron chi connectivity index (χ0n) is 9.57. The van der Waals surface area contributed by atoms with Gasteiger partial charge in [0.1, 0.15) is 0 Å². The summed E-state index contributed by atoms with van der Waals surface area (Å²) in [5.74, 6) is 0.195. The maximum absolute atomic E-state index is 11.7. The molecule has 0 saturated carbocycles. The summed E-state index contributed by atoms with van der Waals surface area (Å²) in [6.07, 6.45) is 0.881. The van der Waals surface area contributed by atoms with Gasteiger partial charge >= 0.3 is 0 Å². The molecule has 88 valence electrons. The molecule has 0 spiro atoms. The van der Waals surface area contributed by atoms with Crippen LogP contribution in [0, 0.1) is 0 Å².